The standard InChI is InChI=1S/C13H17FN4/c1-3-4-18-12(8-15)16-17-13(18)10-5-9(2)6-11(14)7-10/h5-7H,3-4,8,15H2,1-2H3. The predicted molar refractivity (Wildman–Crippen MR) is 68.3 cm³/mol. The average molecular weight is 248 g/mol. The van der Waals surface area contributed by atoms with Crippen LogP contribution in [0.3, 0.4) is 0 Å². The van der Waals surface area contributed by atoms with Gasteiger partial charge in [0.15, 0.2) is 5.82 Å². The van der Waals surface area contributed by atoms with Gasteiger partial charge in [-0.1, -0.05) is 6.92 Å². The Hall–Kier alpha value is -1.75. The van der Waals surface area contributed by atoms with Crippen LogP contribution in [-0.4, -0.2) is 14.8 Å². The van der Waals surface area contributed by atoms with E-state index < -0.39 is 0 Å². The maximum Gasteiger partial charge on any atom is 0.164 e. The molecule has 2 rings (SSSR count). The summed E-state index contributed by atoms with van der Waals surface area (Å²) >= 11 is 0. The van der Waals surface area contributed by atoms with Crippen molar-refractivity contribution in [3.8, 4) is 11.4 Å². The zero-order valence-corrected chi connectivity index (χ0v) is 10.7. The first-order valence-corrected chi connectivity index (χ1v) is 6.05. The lowest BCUT2D eigenvalue weighted by Gasteiger charge is -2.08. The van der Waals surface area contributed by atoms with Crippen molar-refractivity contribution < 1.29 is 4.39 Å². The molecular weight excluding hydrogens is 231 g/mol. The van der Waals surface area contributed by atoms with E-state index in [2.05, 4.69) is 17.1 Å². The Balaban J connectivity index is 2.52. The Bertz CT molecular complexity index is 528. The normalized spacial score (nSPS) is 10.9. The quantitative estimate of drug-likeness (QED) is 0.903. The number of halogens is 1. The van der Waals surface area contributed by atoms with Gasteiger partial charge in [-0.2, -0.15) is 0 Å². The van der Waals surface area contributed by atoms with E-state index in [0.29, 0.717) is 12.4 Å². The topological polar surface area (TPSA) is 56.7 Å². The van der Waals surface area contributed by atoms with E-state index in [1.165, 1.54) is 12.1 Å². The summed E-state index contributed by atoms with van der Waals surface area (Å²) in [5.41, 5.74) is 7.24. The number of hydrogen-bond acceptors (Lipinski definition) is 3. The van der Waals surface area contributed by atoms with Crippen molar-refractivity contribution in [1.82, 2.24) is 14.8 Å². The summed E-state index contributed by atoms with van der Waals surface area (Å²) in [6.45, 7) is 5.05. The molecule has 4 nitrogen and oxygen atoms in total. The van der Waals surface area contributed by atoms with E-state index in [1.54, 1.807) is 0 Å². The second-order valence-electron chi connectivity index (χ2n) is 4.31. The molecule has 96 valence electrons. The van der Waals surface area contributed by atoms with Gasteiger partial charge >= 0.3 is 0 Å². The van der Waals surface area contributed by atoms with Crippen LogP contribution in [0.4, 0.5) is 4.39 Å². The Kier molecular flexibility index (Phi) is 3.72. The van der Waals surface area contributed by atoms with E-state index in [4.69, 9.17) is 5.73 Å². The van der Waals surface area contributed by atoms with Crippen molar-refractivity contribution in [1.29, 1.82) is 0 Å². The Morgan fingerprint density at radius 3 is 2.67 bits per heavy atom. The zero-order valence-electron chi connectivity index (χ0n) is 10.7. The molecule has 0 amide bonds. The highest BCUT2D eigenvalue weighted by Crippen LogP contribution is 2.21. The van der Waals surface area contributed by atoms with Gasteiger partial charge in [0.25, 0.3) is 0 Å². The van der Waals surface area contributed by atoms with Gasteiger partial charge in [-0.15, -0.1) is 10.2 Å². The lowest BCUT2D eigenvalue weighted by molar-refractivity contribution is 0.624. The number of hydrogen-bond donors (Lipinski definition) is 1. The molecular formula is C13H17FN4. The van der Waals surface area contributed by atoms with Crippen molar-refractivity contribution in [2.75, 3.05) is 0 Å². The van der Waals surface area contributed by atoms with Crippen LogP contribution >= 0.6 is 0 Å². The number of benzene rings is 1. The van der Waals surface area contributed by atoms with Crippen LogP contribution in [0.1, 0.15) is 24.7 Å². The highest BCUT2D eigenvalue weighted by molar-refractivity contribution is 5.56. The zero-order chi connectivity index (χ0) is 13.1. The molecule has 0 aliphatic carbocycles. The van der Waals surface area contributed by atoms with Crippen LogP contribution in [0.5, 0.6) is 0 Å². The fraction of sp³-hybridized carbons (Fsp3) is 0.385. The van der Waals surface area contributed by atoms with Crippen molar-refractivity contribution in [3.63, 3.8) is 0 Å². The molecule has 0 saturated heterocycles. The molecule has 0 aliphatic heterocycles. The molecule has 2 aromatic rings. The third kappa shape index (κ3) is 2.41. The van der Waals surface area contributed by atoms with Gasteiger partial charge in [0.05, 0.1) is 6.54 Å². The maximum atomic E-state index is 13.4. The molecule has 1 aromatic heterocycles. The van der Waals surface area contributed by atoms with E-state index in [0.717, 1.165) is 29.9 Å². The second kappa shape index (κ2) is 5.27. The molecule has 0 unspecified atom stereocenters. The summed E-state index contributed by atoms with van der Waals surface area (Å²) in [5, 5.41) is 8.18. The molecule has 1 aromatic carbocycles. The second-order valence-corrected chi connectivity index (χ2v) is 4.31. The predicted octanol–water partition coefficient (Wildman–Crippen LogP) is 2.26. The Labute approximate surface area is 106 Å². The molecule has 5 heteroatoms. The molecule has 0 fully saturated rings. The first-order chi connectivity index (χ1) is 8.65. The molecule has 0 radical (unpaired) electrons. The van der Waals surface area contributed by atoms with E-state index >= 15 is 0 Å². The third-order valence-electron chi connectivity index (χ3n) is 2.76. The monoisotopic (exact) mass is 248 g/mol. The van der Waals surface area contributed by atoms with Crippen molar-refractivity contribution in [3.05, 3.63) is 35.4 Å². The Morgan fingerprint density at radius 2 is 2.06 bits per heavy atom. The van der Waals surface area contributed by atoms with Crippen molar-refractivity contribution in [2.45, 2.75) is 33.4 Å². The van der Waals surface area contributed by atoms with Gasteiger partial charge < -0.3 is 10.3 Å². The number of aryl methyl sites for hydroxylation is 1. The van der Waals surface area contributed by atoms with Gasteiger partial charge in [-0.05, 0) is 37.1 Å². The van der Waals surface area contributed by atoms with Crippen LogP contribution < -0.4 is 5.73 Å². The van der Waals surface area contributed by atoms with Gasteiger partial charge in [0.2, 0.25) is 0 Å². The van der Waals surface area contributed by atoms with E-state index in [-0.39, 0.29) is 5.82 Å². The van der Waals surface area contributed by atoms with Crippen molar-refractivity contribution >= 4 is 0 Å². The fourth-order valence-electron chi connectivity index (χ4n) is 2.02. The lowest BCUT2D eigenvalue weighted by atomic mass is 10.1. The number of nitrogens with two attached hydrogens (primary N) is 1. The minimum Gasteiger partial charge on any atom is -0.324 e. The molecule has 18 heavy (non-hydrogen) atoms. The molecule has 0 aliphatic rings. The summed E-state index contributed by atoms with van der Waals surface area (Å²) in [6, 6.07) is 4.87. The average Bonchev–Trinajstić information content (AvgIpc) is 2.71. The summed E-state index contributed by atoms with van der Waals surface area (Å²) in [5.74, 6) is 1.15. The highest BCUT2D eigenvalue weighted by atomic mass is 19.1. The highest BCUT2D eigenvalue weighted by Gasteiger charge is 2.13. The van der Waals surface area contributed by atoms with Gasteiger partial charge in [0.1, 0.15) is 11.6 Å². The maximum absolute atomic E-state index is 13.4. The fourth-order valence-corrected chi connectivity index (χ4v) is 2.02. The largest absolute Gasteiger partial charge is 0.324 e. The molecule has 0 saturated carbocycles. The summed E-state index contributed by atoms with van der Waals surface area (Å²) in [7, 11) is 0. The summed E-state index contributed by atoms with van der Waals surface area (Å²) < 4.78 is 15.4. The molecule has 0 bridgehead atoms. The summed E-state index contributed by atoms with van der Waals surface area (Å²) in [6.07, 6.45) is 0.951. The Morgan fingerprint density at radius 1 is 1.28 bits per heavy atom. The van der Waals surface area contributed by atoms with E-state index in [1.807, 2.05) is 17.6 Å². The SMILES string of the molecule is CCCn1c(CN)nnc1-c1cc(C)cc(F)c1. The lowest BCUT2D eigenvalue weighted by Crippen LogP contribution is -2.09. The van der Waals surface area contributed by atoms with Gasteiger partial charge in [-0.25, -0.2) is 4.39 Å². The van der Waals surface area contributed by atoms with Crippen LogP contribution in [0.2, 0.25) is 0 Å². The first kappa shape index (κ1) is 12.7. The smallest absolute Gasteiger partial charge is 0.164 e. The van der Waals surface area contributed by atoms with Gasteiger partial charge in [-0.3, -0.25) is 0 Å². The third-order valence-corrected chi connectivity index (χ3v) is 2.76. The van der Waals surface area contributed by atoms with Crippen LogP contribution in [0.25, 0.3) is 11.4 Å². The first-order valence-electron chi connectivity index (χ1n) is 6.05. The molecule has 2 N–H and O–H groups in total. The minimum atomic E-state index is -0.259. The van der Waals surface area contributed by atoms with Crippen molar-refractivity contribution in [2.24, 2.45) is 5.73 Å². The van der Waals surface area contributed by atoms with Gasteiger partial charge in [0, 0.05) is 12.1 Å². The molecule has 0 spiro atoms. The minimum absolute atomic E-state index is 0.259. The number of nitrogens with zero attached hydrogens (tertiary/aromatic N) is 3. The molecule has 1 heterocycles. The number of rotatable bonds is 4. The van der Waals surface area contributed by atoms with E-state index in [9.17, 15) is 4.39 Å². The van der Waals surface area contributed by atoms with Crippen LogP contribution in [0.15, 0.2) is 18.2 Å². The van der Waals surface area contributed by atoms with Crippen LogP contribution in [-0.2, 0) is 13.1 Å². The summed E-state index contributed by atoms with van der Waals surface area (Å²) in [4.78, 5) is 0. The molecule has 0 atom stereocenters. The van der Waals surface area contributed by atoms with Crippen LogP contribution in [0, 0.1) is 12.7 Å². The number of aromatic nitrogens is 3.